The van der Waals surface area contributed by atoms with Gasteiger partial charge in [0.15, 0.2) is 0 Å². The van der Waals surface area contributed by atoms with Crippen molar-refractivity contribution >= 4 is 116 Å². The molecule has 3 fully saturated rings. The molecule has 8 aliphatic rings. The lowest BCUT2D eigenvalue weighted by Crippen LogP contribution is -2.54. The molecule has 0 amide bonds. The third-order valence-electron chi connectivity index (χ3n) is 30.5. The minimum absolute atomic E-state index is 0.0118. The largest absolute Gasteiger partial charge is 0.337 e. The number of rotatable bonds is 7. The van der Waals surface area contributed by atoms with Gasteiger partial charge >= 0.3 is 0 Å². The average Bonchev–Trinajstić information content (AvgIpc) is 1.69. The fraction of sp³-hybridized carbons (Fsp3) is 0.245. The predicted octanol–water partition coefficient (Wildman–Crippen LogP) is 26.8. The van der Waals surface area contributed by atoms with Crippen molar-refractivity contribution in [1.82, 2.24) is 0 Å². The lowest BCUT2D eigenvalue weighted by Gasteiger charge is -2.51. The summed E-state index contributed by atoms with van der Waals surface area (Å²) in [7, 11) is 0. The molecule has 23 rings (SSSR count). The number of hydrogen-bond acceptors (Lipinski definition) is 3. The van der Waals surface area contributed by atoms with E-state index >= 15 is 0 Å². The van der Waals surface area contributed by atoms with Crippen molar-refractivity contribution in [3.05, 3.63) is 306 Å². The van der Waals surface area contributed by atoms with Crippen LogP contribution < -0.4 is 25.1 Å². The zero-order valence-electron chi connectivity index (χ0n) is 63.6. The highest BCUT2D eigenvalue weighted by Crippen LogP contribution is 2.67. The van der Waals surface area contributed by atoms with Crippen LogP contribution in [-0.4, -0.2) is 16.6 Å². The van der Waals surface area contributed by atoms with Crippen molar-refractivity contribution in [3.63, 3.8) is 0 Å². The molecule has 109 heavy (non-hydrogen) atoms. The van der Waals surface area contributed by atoms with Crippen molar-refractivity contribution in [3.8, 4) is 44.5 Å². The Hall–Kier alpha value is -11.0. The summed E-state index contributed by atoms with van der Waals surface area (Å²) in [4.78, 5) is 8.37. The first kappa shape index (κ1) is 64.0. The van der Waals surface area contributed by atoms with Crippen LogP contribution >= 0.6 is 0 Å². The molecule has 3 aliphatic heterocycles. The van der Waals surface area contributed by atoms with Crippen molar-refractivity contribution in [2.75, 3.05) is 14.7 Å². The first-order chi connectivity index (χ1) is 53.3. The topological polar surface area (TPSA) is 9.72 Å². The number of para-hydroxylation sites is 3. The molecule has 5 aliphatic carbocycles. The van der Waals surface area contributed by atoms with Gasteiger partial charge in [0.1, 0.15) is 0 Å². The zero-order valence-corrected chi connectivity index (χ0v) is 63.6. The molecular weight excluding hydrogens is 1320 g/mol. The van der Waals surface area contributed by atoms with Crippen LogP contribution in [0.4, 0.5) is 28.4 Å². The number of allylic oxidation sites excluding steroid dienone is 3. The van der Waals surface area contributed by atoms with Gasteiger partial charge < -0.3 is 14.7 Å². The molecule has 8 unspecified atom stereocenters. The molecule has 0 radical (unpaired) electrons. The van der Waals surface area contributed by atoms with E-state index in [0.29, 0.717) is 0 Å². The summed E-state index contributed by atoms with van der Waals surface area (Å²) in [5.41, 5.74) is 22.7. The SMILES string of the molecule is CC12CCCCC1(C)N(c1ccccc1)C1=C2C=CC2C=c3c(-c4cc(-c5cccc6cc7c8c(ccc7cc56)C5(C)CCCCC5(C)N8c5ccccc5)c5ccc6c(-c7ccccc7)cc(-c7cccc8cc9c%10c(ccc9cc78)C7(C)CCCCC7(C)N%10c7ccccc7)c7ccc4c5c67)cccc3=CC12. The highest BCUT2D eigenvalue weighted by atomic mass is 15.3. The van der Waals surface area contributed by atoms with E-state index in [1.807, 2.05) is 0 Å². The van der Waals surface area contributed by atoms with E-state index < -0.39 is 0 Å². The van der Waals surface area contributed by atoms with E-state index in [1.54, 1.807) is 5.57 Å². The van der Waals surface area contributed by atoms with E-state index in [-0.39, 0.29) is 44.7 Å². The van der Waals surface area contributed by atoms with Gasteiger partial charge in [-0.15, -0.1) is 0 Å². The molecule has 8 atom stereocenters. The van der Waals surface area contributed by atoms with Gasteiger partial charge in [-0.25, -0.2) is 0 Å². The summed E-state index contributed by atoms with van der Waals surface area (Å²) < 4.78 is 0. The van der Waals surface area contributed by atoms with Gasteiger partial charge in [-0.2, -0.15) is 0 Å². The van der Waals surface area contributed by atoms with Crippen LogP contribution in [0.1, 0.15) is 130 Å². The Bertz CT molecular complexity index is 6630. The maximum absolute atomic E-state index is 2.83. The summed E-state index contributed by atoms with van der Waals surface area (Å²) in [6.45, 7) is 15.5. The molecule has 0 saturated heterocycles. The third-order valence-corrected chi connectivity index (χ3v) is 30.5. The van der Waals surface area contributed by atoms with Crippen LogP contribution in [0.5, 0.6) is 0 Å². The van der Waals surface area contributed by atoms with Crippen LogP contribution in [0.15, 0.2) is 284 Å². The Kier molecular flexibility index (Phi) is 13.4. The number of nitrogens with zero attached hydrogens (tertiary/aromatic N) is 3. The Morgan fingerprint density at radius 2 is 0.706 bits per heavy atom. The second kappa shape index (κ2) is 22.8. The standard InChI is InChI=1S/C106H91N3/c1-101-52-19-22-55-104(101,4)107(73-33-13-8-14-34-73)98-87-61-67-30-25-39-76(83(67)58-70(87)42-49-93(98)101)90-64-86(66-28-11-7-12-29-66)79-45-46-81-91(77-40-26-31-68-62-88-71(59-84(68)77)43-50-94-99(88)108(74-35-15-9-16-36-74)105(5)56-23-20-53-102(94,105)2)65-92(82-48-47-80(90)96(79)97(81)82)78-41-27-32-69-63-89-72(60-85(69)78)44-51-95-100(89)109(75-37-17-10-18-38-75)106(6)57-24-21-54-103(95,106)3/h7-18,25-51,58-65,72,89H,19-24,52-57H2,1-6H3. The molecule has 0 bridgehead atoms. The van der Waals surface area contributed by atoms with Crippen LogP contribution in [0, 0.1) is 17.3 Å². The van der Waals surface area contributed by atoms with Gasteiger partial charge in [-0.3, -0.25) is 0 Å². The summed E-state index contributed by atoms with van der Waals surface area (Å²) >= 11 is 0. The molecular formula is C106H91N3. The second-order valence-electron chi connectivity index (χ2n) is 35.4. The van der Waals surface area contributed by atoms with E-state index in [0.717, 1.165) is 12.8 Å². The summed E-state index contributed by atoms with van der Waals surface area (Å²) in [5.74, 6) is 0.376. The Morgan fingerprint density at radius 3 is 1.22 bits per heavy atom. The third kappa shape index (κ3) is 8.44. The fourth-order valence-corrected chi connectivity index (χ4v) is 24.5. The fourth-order valence-electron chi connectivity index (χ4n) is 24.5. The van der Waals surface area contributed by atoms with Crippen LogP contribution in [-0.2, 0) is 10.8 Å². The van der Waals surface area contributed by atoms with E-state index in [4.69, 9.17) is 0 Å². The number of benzene rings is 15. The van der Waals surface area contributed by atoms with E-state index in [2.05, 4.69) is 341 Å². The lowest BCUT2D eigenvalue weighted by molar-refractivity contribution is 0.153. The van der Waals surface area contributed by atoms with Crippen molar-refractivity contribution < 1.29 is 0 Å². The van der Waals surface area contributed by atoms with Crippen molar-refractivity contribution in [1.29, 1.82) is 0 Å². The van der Waals surface area contributed by atoms with Gasteiger partial charge in [0, 0.05) is 61.6 Å². The Labute approximate surface area is 640 Å². The van der Waals surface area contributed by atoms with Gasteiger partial charge in [-0.1, -0.05) is 272 Å². The molecule has 0 aromatic heterocycles. The molecule has 0 N–H and O–H groups in total. The first-order valence-corrected chi connectivity index (χ1v) is 40.9. The number of fused-ring (bicyclic) bond motifs is 17. The highest BCUT2D eigenvalue weighted by Gasteiger charge is 2.62. The molecule has 3 heterocycles. The zero-order chi connectivity index (χ0) is 72.7. The predicted molar refractivity (Wildman–Crippen MR) is 463 cm³/mol. The van der Waals surface area contributed by atoms with Crippen molar-refractivity contribution in [2.24, 2.45) is 17.3 Å². The number of anilines is 5. The quantitative estimate of drug-likeness (QED) is 0.116. The Morgan fingerprint density at radius 1 is 0.303 bits per heavy atom. The molecule has 3 saturated carbocycles. The number of hydrogen-bond donors (Lipinski definition) is 0. The first-order valence-electron chi connectivity index (χ1n) is 40.9. The molecule has 15 aromatic rings. The summed E-state index contributed by atoms with van der Waals surface area (Å²) in [6, 6.07) is 102. The minimum atomic E-state index is -0.0591. The maximum Gasteiger partial charge on any atom is 0.0535 e. The van der Waals surface area contributed by atoms with Gasteiger partial charge in [0.25, 0.3) is 0 Å². The summed E-state index contributed by atoms with van der Waals surface area (Å²) in [5, 5.41) is 20.7. The molecule has 15 aromatic carbocycles. The van der Waals surface area contributed by atoms with Crippen molar-refractivity contribution in [2.45, 2.75) is 146 Å². The summed E-state index contributed by atoms with van der Waals surface area (Å²) in [6.07, 6.45) is 25.2. The Balaban J connectivity index is 0.780. The molecule has 3 nitrogen and oxygen atoms in total. The minimum Gasteiger partial charge on any atom is -0.337 e. The van der Waals surface area contributed by atoms with Crippen LogP contribution in [0.3, 0.4) is 0 Å². The molecule has 0 spiro atoms. The maximum atomic E-state index is 2.83. The van der Waals surface area contributed by atoms with E-state index in [9.17, 15) is 0 Å². The molecule has 530 valence electrons. The van der Waals surface area contributed by atoms with E-state index in [1.165, 1.54) is 240 Å². The van der Waals surface area contributed by atoms with Gasteiger partial charge in [0.05, 0.1) is 28.0 Å². The van der Waals surface area contributed by atoms with Crippen LogP contribution in [0.25, 0.3) is 132 Å². The lowest BCUT2D eigenvalue weighted by atomic mass is 9.60. The second-order valence-corrected chi connectivity index (χ2v) is 35.4. The van der Waals surface area contributed by atoms with Crippen LogP contribution in [0.2, 0.25) is 0 Å². The molecule has 3 heteroatoms. The van der Waals surface area contributed by atoms with Gasteiger partial charge in [0.2, 0.25) is 0 Å². The highest BCUT2D eigenvalue weighted by molar-refractivity contribution is 6.33. The van der Waals surface area contributed by atoms with Gasteiger partial charge in [-0.05, 0) is 268 Å². The average molecular weight is 1410 g/mol. The monoisotopic (exact) mass is 1410 g/mol. The smallest absolute Gasteiger partial charge is 0.0535 e. The normalized spacial score (nSPS) is 25.9.